The van der Waals surface area contributed by atoms with Gasteiger partial charge in [0.2, 0.25) is 17.1 Å². The molecule has 0 atom stereocenters. The number of hydrogen-bond donors (Lipinski definition) is 0. The Kier molecular flexibility index (Phi) is 5.14. The minimum absolute atomic E-state index is 0.200. The Hall–Kier alpha value is -4.26. The number of oxazole rings is 1. The highest BCUT2D eigenvalue weighted by atomic mass is 19.1. The number of para-hydroxylation sites is 1. The molecule has 5 aromatic rings. The molecule has 1 aliphatic rings. The lowest BCUT2D eigenvalue weighted by atomic mass is 10.2. The maximum Gasteiger partial charge on any atom is 0.229 e. The lowest BCUT2D eigenvalue weighted by Crippen LogP contribution is -2.47. The Labute approximate surface area is 196 Å². The zero-order chi connectivity index (χ0) is 22.9. The minimum Gasteiger partial charge on any atom is -0.430 e. The average Bonchev–Trinajstić information content (AvgIpc) is 3.34. The molecule has 1 fully saturated rings. The molecule has 1 saturated heterocycles. The van der Waals surface area contributed by atoms with E-state index in [0.717, 1.165) is 11.1 Å². The SMILES string of the molecule is Fc1ccccc1N1CCN(c2nc(-c3ccccc3)nc3nc(-c4ccccc4)oc23)CC1. The van der Waals surface area contributed by atoms with E-state index in [2.05, 4.69) is 9.80 Å². The van der Waals surface area contributed by atoms with Gasteiger partial charge in [-0.15, -0.1) is 0 Å². The largest absolute Gasteiger partial charge is 0.430 e. The van der Waals surface area contributed by atoms with Crippen molar-refractivity contribution in [1.29, 1.82) is 0 Å². The van der Waals surface area contributed by atoms with Crippen LogP contribution in [0.4, 0.5) is 15.9 Å². The predicted octanol–water partition coefficient (Wildman–Crippen LogP) is 5.42. The second-order valence-corrected chi connectivity index (χ2v) is 8.20. The highest BCUT2D eigenvalue weighted by molar-refractivity contribution is 5.85. The summed E-state index contributed by atoms with van der Waals surface area (Å²) >= 11 is 0. The van der Waals surface area contributed by atoms with Gasteiger partial charge in [0.05, 0.1) is 5.69 Å². The number of benzene rings is 3. The van der Waals surface area contributed by atoms with Crippen LogP contribution >= 0.6 is 0 Å². The van der Waals surface area contributed by atoms with Crippen molar-refractivity contribution >= 4 is 22.7 Å². The second kappa shape index (κ2) is 8.59. The standard InChI is InChI=1S/C27H22FN5O/c28-21-13-7-8-14-22(21)32-15-17-33(18-16-32)26-23-25(29-24(30-26)19-9-3-1-4-10-19)31-27(34-23)20-11-5-2-6-12-20/h1-14H,15-18H2. The molecular formula is C27H22FN5O. The molecule has 0 spiro atoms. The van der Waals surface area contributed by atoms with Crippen LogP contribution in [0.15, 0.2) is 89.3 Å². The van der Waals surface area contributed by atoms with E-state index in [0.29, 0.717) is 60.6 Å². The maximum atomic E-state index is 14.3. The number of halogens is 1. The summed E-state index contributed by atoms with van der Waals surface area (Å²) < 4.78 is 20.5. The molecule has 0 amide bonds. The van der Waals surface area contributed by atoms with Gasteiger partial charge in [0, 0.05) is 37.3 Å². The van der Waals surface area contributed by atoms with Gasteiger partial charge in [-0.25, -0.2) is 14.4 Å². The zero-order valence-electron chi connectivity index (χ0n) is 18.4. The Morgan fingerprint density at radius 3 is 1.97 bits per heavy atom. The molecule has 0 saturated carbocycles. The molecule has 3 heterocycles. The fraction of sp³-hybridized carbons (Fsp3) is 0.148. The topological polar surface area (TPSA) is 58.3 Å². The first kappa shape index (κ1) is 20.4. The molecule has 0 radical (unpaired) electrons. The van der Waals surface area contributed by atoms with Gasteiger partial charge in [-0.3, -0.25) is 0 Å². The number of piperazine rings is 1. The van der Waals surface area contributed by atoms with Crippen LogP contribution in [0.1, 0.15) is 0 Å². The van der Waals surface area contributed by atoms with Crippen LogP contribution in [-0.2, 0) is 0 Å². The van der Waals surface area contributed by atoms with Crippen LogP contribution in [0.2, 0.25) is 0 Å². The number of nitrogens with zero attached hydrogens (tertiary/aromatic N) is 5. The first-order valence-electron chi connectivity index (χ1n) is 11.3. The van der Waals surface area contributed by atoms with E-state index >= 15 is 0 Å². The van der Waals surface area contributed by atoms with Crippen LogP contribution in [0, 0.1) is 5.82 Å². The fourth-order valence-corrected chi connectivity index (χ4v) is 4.31. The van der Waals surface area contributed by atoms with Crippen LogP contribution in [0.25, 0.3) is 34.1 Å². The van der Waals surface area contributed by atoms with E-state index in [4.69, 9.17) is 19.4 Å². The fourth-order valence-electron chi connectivity index (χ4n) is 4.31. The van der Waals surface area contributed by atoms with Crippen LogP contribution in [0.5, 0.6) is 0 Å². The minimum atomic E-state index is -0.200. The predicted molar refractivity (Wildman–Crippen MR) is 131 cm³/mol. The van der Waals surface area contributed by atoms with E-state index in [9.17, 15) is 4.39 Å². The summed E-state index contributed by atoms with van der Waals surface area (Å²) in [5.41, 5.74) is 3.53. The maximum absolute atomic E-state index is 14.3. The van der Waals surface area contributed by atoms with E-state index in [1.807, 2.05) is 72.8 Å². The van der Waals surface area contributed by atoms with Crippen LogP contribution in [0.3, 0.4) is 0 Å². The Balaban J connectivity index is 1.39. The molecule has 34 heavy (non-hydrogen) atoms. The zero-order valence-corrected chi connectivity index (χ0v) is 18.4. The molecule has 168 valence electrons. The van der Waals surface area contributed by atoms with Crippen LogP contribution < -0.4 is 9.80 Å². The molecule has 1 aliphatic heterocycles. The number of fused-ring (bicyclic) bond motifs is 1. The molecule has 3 aromatic carbocycles. The molecule has 6 nitrogen and oxygen atoms in total. The number of hydrogen-bond acceptors (Lipinski definition) is 6. The molecule has 0 aliphatic carbocycles. The van der Waals surface area contributed by atoms with Crippen molar-refractivity contribution in [3.63, 3.8) is 0 Å². The average molecular weight is 452 g/mol. The molecule has 6 rings (SSSR count). The number of rotatable bonds is 4. The molecule has 0 N–H and O–H groups in total. The van der Waals surface area contributed by atoms with Gasteiger partial charge < -0.3 is 14.2 Å². The summed E-state index contributed by atoms with van der Waals surface area (Å²) in [6.45, 7) is 2.70. The summed E-state index contributed by atoms with van der Waals surface area (Å²) in [5.74, 6) is 1.63. The van der Waals surface area contributed by atoms with Crippen molar-refractivity contribution in [2.75, 3.05) is 36.0 Å². The number of aromatic nitrogens is 3. The van der Waals surface area contributed by atoms with Crippen molar-refractivity contribution in [3.8, 4) is 22.8 Å². The van der Waals surface area contributed by atoms with Gasteiger partial charge in [0.15, 0.2) is 11.6 Å². The number of anilines is 2. The van der Waals surface area contributed by atoms with E-state index in [1.165, 1.54) is 6.07 Å². The van der Waals surface area contributed by atoms with Crippen molar-refractivity contribution in [3.05, 3.63) is 90.7 Å². The van der Waals surface area contributed by atoms with Crippen molar-refractivity contribution in [1.82, 2.24) is 15.0 Å². The molecule has 0 bridgehead atoms. The first-order chi connectivity index (χ1) is 16.8. The quantitative estimate of drug-likeness (QED) is 0.364. The van der Waals surface area contributed by atoms with Crippen molar-refractivity contribution in [2.45, 2.75) is 0 Å². The van der Waals surface area contributed by atoms with Gasteiger partial charge in [-0.2, -0.15) is 4.98 Å². The second-order valence-electron chi connectivity index (χ2n) is 8.20. The lowest BCUT2D eigenvalue weighted by molar-refractivity contribution is 0.589. The van der Waals surface area contributed by atoms with Gasteiger partial charge in [0.25, 0.3) is 0 Å². The van der Waals surface area contributed by atoms with E-state index in [-0.39, 0.29) is 5.82 Å². The van der Waals surface area contributed by atoms with Gasteiger partial charge >= 0.3 is 0 Å². The molecule has 7 heteroatoms. The van der Waals surface area contributed by atoms with E-state index < -0.39 is 0 Å². The summed E-state index contributed by atoms with van der Waals surface area (Å²) in [4.78, 5) is 18.6. The highest BCUT2D eigenvalue weighted by Crippen LogP contribution is 2.32. The summed E-state index contributed by atoms with van der Waals surface area (Å²) in [7, 11) is 0. The lowest BCUT2D eigenvalue weighted by Gasteiger charge is -2.36. The van der Waals surface area contributed by atoms with Crippen molar-refractivity contribution in [2.24, 2.45) is 0 Å². The van der Waals surface area contributed by atoms with E-state index in [1.54, 1.807) is 6.07 Å². The molecule has 0 unspecified atom stereocenters. The summed E-state index contributed by atoms with van der Waals surface area (Å²) in [6.07, 6.45) is 0. The normalized spacial score (nSPS) is 14.0. The third-order valence-corrected chi connectivity index (χ3v) is 6.06. The van der Waals surface area contributed by atoms with Crippen molar-refractivity contribution < 1.29 is 8.81 Å². The smallest absolute Gasteiger partial charge is 0.229 e. The van der Waals surface area contributed by atoms with Gasteiger partial charge in [0.1, 0.15) is 5.82 Å². The molecule has 2 aromatic heterocycles. The van der Waals surface area contributed by atoms with Gasteiger partial charge in [-0.05, 0) is 24.3 Å². The Morgan fingerprint density at radius 1 is 0.647 bits per heavy atom. The summed E-state index contributed by atoms with van der Waals surface area (Å²) in [5, 5.41) is 0. The highest BCUT2D eigenvalue weighted by Gasteiger charge is 2.25. The monoisotopic (exact) mass is 451 g/mol. The first-order valence-corrected chi connectivity index (χ1v) is 11.3. The third kappa shape index (κ3) is 3.75. The summed E-state index contributed by atoms with van der Waals surface area (Å²) in [6, 6.07) is 26.6. The van der Waals surface area contributed by atoms with Gasteiger partial charge in [-0.1, -0.05) is 60.7 Å². The Morgan fingerprint density at radius 2 is 1.26 bits per heavy atom. The molecular weight excluding hydrogens is 429 g/mol. The Bertz CT molecular complexity index is 1430. The van der Waals surface area contributed by atoms with Crippen LogP contribution in [-0.4, -0.2) is 41.1 Å². The third-order valence-electron chi connectivity index (χ3n) is 6.06.